The molecular formula is C16H19NO3. The van der Waals surface area contributed by atoms with Gasteiger partial charge in [-0.25, -0.2) is 4.79 Å². The van der Waals surface area contributed by atoms with E-state index in [2.05, 4.69) is 5.32 Å². The van der Waals surface area contributed by atoms with E-state index in [1.807, 2.05) is 0 Å². The van der Waals surface area contributed by atoms with Gasteiger partial charge in [0.2, 0.25) is 0 Å². The van der Waals surface area contributed by atoms with Crippen LogP contribution in [0.25, 0.3) is 0 Å². The van der Waals surface area contributed by atoms with Crippen LogP contribution in [0.2, 0.25) is 0 Å². The van der Waals surface area contributed by atoms with Crippen molar-refractivity contribution >= 4 is 11.9 Å². The van der Waals surface area contributed by atoms with Gasteiger partial charge >= 0.3 is 5.97 Å². The molecule has 1 aromatic rings. The number of amides is 1. The molecule has 0 radical (unpaired) electrons. The van der Waals surface area contributed by atoms with Crippen LogP contribution in [0.4, 0.5) is 0 Å². The summed E-state index contributed by atoms with van der Waals surface area (Å²) in [6, 6.07) is 6.19. The highest BCUT2D eigenvalue weighted by atomic mass is 16.4. The Morgan fingerprint density at radius 1 is 1.15 bits per heavy atom. The summed E-state index contributed by atoms with van der Waals surface area (Å²) in [5.41, 5.74) is 0.578. The van der Waals surface area contributed by atoms with Crippen LogP contribution in [0.3, 0.4) is 0 Å². The predicted octanol–water partition coefficient (Wildman–Crippen LogP) is 2.55. The molecule has 1 amide bonds. The van der Waals surface area contributed by atoms with Crippen LogP contribution in [0.1, 0.15) is 46.4 Å². The Bertz CT molecular complexity index is 520. The molecular weight excluding hydrogens is 254 g/mol. The molecule has 20 heavy (non-hydrogen) atoms. The molecule has 0 atom stereocenters. The SMILES string of the molecule is O=C(O)c1cccc(C(=O)NCC(C2CC2)C2CC2)c1. The molecule has 0 aliphatic heterocycles. The number of carbonyl (C=O) groups is 2. The minimum Gasteiger partial charge on any atom is -0.478 e. The molecule has 0 heterocycles. The Hall–Kier alpha value is -1.84. The molecule has 3 rings (SSSR count). The van der Waals surface area contributed by atoms with E-state index in [-0.39, 0.29) is 11.5 Å². The summed E-state index contributed by atoms with van der Waals surface area (Å²) in [5.74, 6) is 1.05. The fourth-order valence-corrected chi connectivity index (χ4v) is 2.87. The van der Waals surface area contributed by atoms with E-state index in [1.54, 1.807) is 12.1 Å². The van der Waals surface area contributed by atoms with Gasteiger partial charge in [-0.15, -0.1) is 0 Å². The summed E-state index contributed by atoms with van der Waals surface area (Å²) < 4.78 is 0. The van der Waals surface area contributed by atoms with Crippen molar-refractivity contribution in [2.45, 2.75) is 25.7 Å². The summed E-state index contributed by atoms with van der Waals surface area (Å²) in [4.78, 5) is 23.0. The van der Waals surface area contributed by atoms with E-state index < -0.39 is 5.97 Å². The molecule has 0 unspecified atom stereocenters. The van der Waals surface area contributed by atoms with Crippen molar-refractivity contribution < 1.29 is 14.7 Å². The van der Waals surface area contributed by atoms with Crippen molar-refractivity contribution in [1.29, 1.82) is 0 Å². The van der Waals surface area contributed by atoms with Crippen molar-refractivity contribution in [3.63, 3.8) is 0 Å². The minimum atomic E-state index is -1.01. The highest BCUT2D eigenvalue weighted by Crippen LogP contribution is 2.48. The van der Waals surface area contributed by atoms with E-state index in [0.717, 1.165) is 18.4 Å². The molecule has 106 valence electrons. The van der Waals surface area contributed by atoms with Crippen LogP contribution in [-0.2, 0) is 0 Å². The number of carboxylic acids is 1. The quantitative estimate of drug-likeness (QED) is 0.837. The van der Waals surface area contributed by atoms with Gasteiger partial charge in [-0.2, -0.15) is 0 Å². The Morgan fingerprint density at radius 3 is 2.30 bits per heavy atom. The number of hydrogen-bond donors (Lipinski definition) is 2. The highest BCUT2D eigenvalue weighted by molar-refractivity contribution is 5.97. The molecule has 4 nitrogen and oxygen atoms in total. The zero-order chi connectivity index (χ0) is 14.1. The van der Waals surface area contributed by atoms with Crippen molar-refractivity contribution in [3.8, 4) is 0 Å². The Balaban J connectivity index is 1.60. The standard InChI is InChI=1S/C16H19NO3/c18-15(12-2-1-3-13(8-12)16(19)20)17-9-14(10-4-5-10)11-6-7-11/h1-3,8,10-11,14H,4-7,9H2,(H,17,18)(H,19,20). The van der Waals surface area contributed by atoms with Crippen molar-refractivity contribution in [2.75, 3.05) is 6.54 Å². The normalized spacial score (nSPS) is 18.1. The Kier molecular flexibility index (Phi) is 3.47. The van der Waals surface area contributed by atoms with Gasteiger partial charge in [0, 0.05) is 12.1 Å². The van der Waals surface area contributed by atoms with Crippen LogP contribution in [0.5, 0.6) is 0 Å². The molecule has 2 N–H and O–H groups in total. The Morgan fingerprint density at radius 2 is 1.75 bits per heavy atom. The van der Waals surface area contributed by atoms with Gasteiger partial charge in [-0.05, 0) is 61.6 Å². The molecule has 2 aliphatic rings. The summed E-state index contributed by atoms with van der Waals surface area (Å²) in [6.45, 7) is 0.728. The number of benzene rings is 1. The number of nitrogens with one attached hydrogen (secondary N) is 1. The lowest BCUT2D eigenvalue weighted by molar-refractivity contribution is 0.0697. The van der Waals surface area contributed by atoms with Crippen molar-refractivity contribution in [2.24, 2.45) is 17.8 Å². The molecule has 2 aliphatic carbocycles. The van der Waals surface area contributed by atoms with Gasteiger partial charge in [0.15, 0.2) is 0 Å². The molecule has 2 fully saturated rings. The topological polar surface area (TPSA) is 66.4 Å². The number of carboxylic acid groups (broad SMARTS) is 1. The van der Waals surface area contributed by atoms with E-state index in [9.17, 15) is 9.59 Å². The second-order valence-electron chi connectivity index (χ2n) is 5.93. The largest absolute Gasteiger partial charge is 0.478 e. The van der Waals surface area contributed by atoms with Gasteiger partial charge in [0.25, 0.3) is 5.91 Å². The molecule has 0 bridgehead atoms. The van der Waals surface area contributed by atoms with Crippen LogP contribution in [0, 0.1) is 17.8 Å². The average molecular weight is 273 g/mol. The fourth-order valence-electron chi connectivity index (χ4n) is 2.87. The molecule has 0 saturated heterocycles. The fraction of sp³-hybridized carbons (Fsp3) is 0.500. The maximum Gasteiger partial charge on any atom is 0.335 e. The first-order valence-corrected chi connectivity index (χ1v) is 7.26. The first-order valence-electron chi connectivity index (χ1n) is 7.26. The summed E-state index contributed by atoms with van der Waals surface area (Å²) in [7, 11) is 0. The number of hydrogen-bond acceptors (Lipinski definition) is 2. The molecule has 4 heteroatoms. The maximum absolute atomic E-state index is 12.1. The van der Waals surface area contributed by atoms with Gasteiger partial charge < -0.3 is 10.4 Å². The van der Waals surface area contributed by atoms with Gasteiger partial charge in [0.05, 0.1) is 5.56 Å². The summed E-state index contributed by atoms with van der Waals surface area (Å²) >= 11 is 0. The predicted molar refractivity (Wildman–Crippen MR) is 74.7 cm³/mol. The van der Waals surface area contributed by atoms with Crippen molar-refractivity contribution in [3.05, 3.63) is 35.4 Å². The van der Waals surface area contributed by atoms with E-state index in [1.165, 1.54) is 37.8 Å². The highest BCUT2D eigenvalue weighted by Gasteiger charge is 2.41. The van der Waals surface area contributed by atoms with Crippen LogP contribution >= 0.6 is 0 Å². The monoisotopic (exact) mass is 273 g/mol. The van der Waals surface area contributed by atoms with Crippen LogP contribution in [-0.4, -0.2) is 23.5 Å². The molecule has 1 aromatic carbocycles. The van der Waals surface area contributed by atoms with E-state index in [4.69, 9.17) is 5.11 Å². The maximum atomic E-state index is 12.1. The zero-order valence-electron chi connectivity index (χ0n) is 11.3. The lowest BCUT2D eigenvalue weighted by atomic mass is 9.98. The molecule has 0 spiro atoms. The number of rotatable bonds is 6. The third kappa shape index (κ3) is 3.00. The second kappa shape index (κ2) is 5.27. The molecule has 2 saturated carbocycles. The van der Waals surface area contributed by atoms with Gasteiger partial charge in [-0.3, -0.25) is 4.79 Å². The second-order valence-corrected chi connectivity index (χ2v) is 5.93. The first-order chi connectivity index (χ1) is 9.65. The number of aromatic carboxylic acids is 1. The third-order valence-corrected chi connectivity index (χ3v) is 4.33. The minimum absolute atomic E-state index is 0.151. The van der Waals surface area contributed by atoms with E-state index >= 15 is 0 Å². The lowest BCUT2D eigenvalue weighted by Gasteiger charge is -2.16. The molecule has 0 aromatic heterocycles. The van der Waals surface area contributed by atoms with Gasteiger partial charge in [0.1, 0.15) is 0 Å². The third-order valence-electron chi connectivity index (χ3n) is 4.33. The van der Waals surface area contributed by atoms with Gasteiger partial charge in [-0.1, -0.05) is 6.07 Å². The zero-order valence-corrected chi connectivity index (χ0v) is 11.3. The number of carbonyl (C=O) groups excluding carboxylic acids is 1. The van der Waals surface area contributed by atoms with Crippen molar-refractivity contribution in [1.82, 2.24) is 5.32 Å². The smallest absolute Gasteiger partial charge is 0.335 e. The van der Waals surface area contributed by atoms with Crippen LogP contribution in [0.15, 0.2) is 24.3 Å². The first kappa shape index (κ1) is 13.2. The summed E-state index contributed by atoms with van der Waals surface area (Å²) in [5, 5.41) is 11.9. The van der Waals surface area contributed by atoms with Crippen LogP contribution < -0.4 is 5.32 Å². The summed E-state index contributed by atoms with van der Waals surface area (Å²) in [6.07, 6.45) is 5.19. The average Bonchev–Trinajstić information content (AvgIpc) is 3.32. The lowest BCUT2D eigenvalue weighted by Crippen LogP contribution is -2.31. The Labute approximate surface area is 118 Å². The van der Waals surface area contributed by atoms with E-state index in [0.29, 0.717) is 11.5 Å².